The number of piperidine rings is 1. The summed E-state index contributed by atoms with van der Waals surface area (Å²) in [5.74, 6) is 0.793. The van der Waals surface area contributed by atoms with Crippen molar-refractivity contribution < 1.29 is 14.6 Å². The number of aliphatic hydroxyl groups is 1. The molecule has 1 aromatic carbocycles. The van der Waals surface area contributed by atoms with Crippen LogP contribution in [0.2, 0.25) is 0 Å². The molecule has 4 nitrogen and oxygen atoms in total. The van der Waals surface area contributed by atoms with E-state index in [2.05, 4.69) is 0 Å². The number of carbonyl (C=O) groups excluding carboxylic acids is 1. The van der Waals surface area contributed by atoms with E-state index in [0.717, 1.165) is 30.7 Å². The minimum absolute atomic E-state index is 0.0539. The maximum atomic E-state index is 12.1. The second-order valence-corrected chi connectivity index (χ2v) is 4.62. The largest absolute Gasteiger partial charge is 0.496 e. The van der Waals surface area contributed by atoms with Gasteiger partial charge >= 0.3 is 0 Å². The predicted octanol–water partition coefficient (Wildman–Crippen LogP) is 1.22. The Kier molecular flexibility index (Phi) is 4.20. The van der Waals surface area contributed by atoms with Gasteiger partial charge in [-0.05, 0) is 18.9 Å². The van der Waals surface area contributed by atoms with E-state index in [-0.39, 0.29) is 12.0 Å². The monoisotopic (exact) mass is 249 g/mol. The summed E-state index contributed by atoms with van der Waals surface area (Å²) in [5, 5.41) is 9.58. The van der Waals surface area contributed by atoms with Crippen LogP contribution in [0.15, 0.2) is 24.3 Å². The topological polar surface area (TPSA) is 49.8 Å². The van der Waals surface area contributed by atoms with Crippen molar-refractivity contribution in [3.05, 3.63) is 29.8 Å². The van der Waals surface area contributed by atoms with E-state index < -0.39 is 0 Å². The van der Waals surface area contributed by atoms with Crippen LogP contribution >= 0.6 is 0 Å². The first kappa shape index (κ1) is 12.9. The highest BCUT2D eigenvalue weighted by molar-refractivity contribution is 5.79. The van der Waals surface area contributed by atoms with Crippen molar-refractivity contribution in [1.82, 2.24) is 4.90 Å². The molecule has 1 saturated heterocycles. The molecule has 18 heavy (non-hydrogen) atoms. The van der Waals surface area contributed by atoms with Crippen molar-refractivity contribution in [1.29, 1.82) is 0 Å². The minimum atomic E-state index is -0.375. The third kappa shape index (κ3) is 3.01. The fraction of sp³-hybridized carbons (Fsp3) is 0.500. The van der Waals surface area contributed by atoms with Crippen molar-refractivity contribution in [2.75, 3.05) is 20.2 Å². The molecule has 0 saturated carbocycles. The third-order valence-corrected chi connectivity index (χ3v) is 3.28. The predicted molar refractivity (Wildman–Crippen MR) is 68.5 cm³/mol. The van der Waals surface area contributed by atoms with E-state index in [1.165, 1.54) is 0 Å². The summed E-state index contributed by atoms with van der Waals surface area (Å²) in [5.41, 5.74) is 0.894. The average molecular weight is 249 g/mol. The fourth-order valence-electron chi connectivity index (χ4n) is 2.30. The molecule has 1 N–H and O–H groups in total. The molecule has 4 heteroatoms. The number of hydrogen-bond acceptors (Lipinski definition) is 3. The quantitative estimate of drug-likeness (QED) is 0.876. The summed E-state index contributed by atoms with van der Waals surface area (Å²) < 4.78 is 5.23. The first-order valence-electron chi connectivity index (χ1n) is 6.28. The zero-order chi connectivity index (χ0) is 13.0. The molecule has 2 rings (SSSR count). The van der Waals surface area contributed by atoms with E-state index in [1.807, 2.05) is 24.3 Å². The number of ether oxygens (including phenoxy) is 1. The van der Waals surface area contributed by atoms with Gasteiger partial charge in [0.2, 0.25) is 5.91 Å². The summed E-state index contributed by atoms with van der Waals surface area (Å²) >= 11 is 0. The van der Waals surface area contributed by atoms with Gasteiger partial charge in [0.15, 0.2) is 0 Å². The van der Waals surface area contributed by atoms with Gasteiger partial charge in [-0.3, -0.25) is 4.79 Å². The van der Waals surface area contributed by atoms with Crippen LogP contribution in [0.5, 0.6) is 5.75 Å². The molecule has 1 heterocycles. The number of para-hydroxylation sites is 1. The number of likely N-dealkylation sites (tertiary alicyclic amines) is 1. The molecule has 1 aliphatic rings. The van der Waals surface area contributed by atoms with E-state index in [9.17, 15) is 9.90 Å². The zero-order valence-corrected chi connectivity index (χ0v) is 10.6. The molecule has 0 bridgehead atoms. The van der Waals surface area contributed by atoms with Gasteiger partial charge in [-0.15, -0.1) is 0 Å². The lowest BCUT2D eigenvalue weighted by Gasteiger charge is -2.30. The van der Waals surface area contributed by atoms with Crippen LogP contribution in [0.25, 0.3) is 0 Å². The lowest BCUT2D eigenvalue weighted by molar-refractivity contribution is -0.133. The number of hydrogen-bond donors (Lipinski definition) is 1. The molecule has 0 radical (unpaired) electrons. The number of carbonyl (C=O) groups is 1. The van der Waals surface area contributed by atoms with Crippen LogP contribution in [-0.4, -0.2) is 42.2 Å². The number of aliphatic hydroxyl groups excluding tert-OH is 1. The van der Waals surface area contributed by atoms with Gasteiger partial charge in [0.05, 0.1) is 19.6 Å². The summed E-state index contributed by atoms with van der Waals surface area (Å²) in [6.07, 6.45) is 1.62. The van der Waals surface area contributed by atoms with E-state index in [1.54, 1.807) is 12.0 Å². The van der Waals surface area contributed by atoms with Crippen LogP contribution in [0, 0.1) is 0 Å². The Labute approximate surface area is 107 Å². The molecule has 1 amide bonds. The van der Waals surface area contributed by atoms with Crippen LogP contribution in [0.1, 0.15) is 18.4 Å². The fourth-order valence-corrected chi connectivity index (χ4v) is 2.30. The normalized spacial score (nSPS) is 19.7. The Balaban J connectivity index is 2.02. The molecule has 98 valence electrons. The number of nitrogens with zero attached hydrogens (tertiary/aromatic N) is 1. The number of rotatable bonds is 3. The maximum Gasteiger partial charge on any atom is 0.227 e. The highest BCUT2D eigenvalue weighted by Gasteiger charge is 2.22. The van der Waals surface area contributed by atoms with Crippen molar-refractivity contribution >= 4 is 5.91 Å². The van der Waals surface area contributed by atoms with E-state index in [0.29, 0.717) is 13.0 Å². The molecular formula is C14H19NO3. The molecule has 1 unspecified atom stereocenters. The number of methoxy groups -OCH3 is 1. The van der Waals surface area contributed by atoms with Gasteiger partial charge in [0.1, 0.15) is 5.75 Å². The Morgan fingerprint density at radius 1 is 1.50 bits per heavy atom. The molecule has 1 aromatic rings. The Morgan fingerprint density at radius 3 is 3.00 bits per heavy atom. The van der Waals surface area contributed by atoms with Gasteiger partial charge in [0, 0.05) is 18.7 Å². The van der Waals surface area contributed by atoms with Crippen molar-refractivity contribution in [3.8, 4) is 5.75 Å². The van der Waals surface area contributed by atoms with Crippen molar-refractivity contribution in [2.24, 2.45) is 0 Å². The Bertz CT molecular complexity index is 419. The first-order chi connectivity index (χ1) is 8.70. The highest BCUT2D eigenvalue weighted by Crippen LogP contribution is 2.19. The molecule has 1 aliphatic heterocycles. The summed E-state index contributed by atoms with van der Waals surface area (Å²) in [6, 6.07) is 7.54. The van der Waals surface area contributed by atoms with Crippen LogP contribution in [0.3, 0.4) is 0 Å². The summed E-state index contributed by atoms with van der Waals surface area (Å²) in [6.45, 7) is 1.19. The SMILES string of the molecule is COc1ccccc1CC(=O)N1CCCC(O)C1. The maximum absolute atomic E-state index is 12.1. The lowest BCUT2D eigenvalue weighted by Crippen LogP contribution is -2.42. The lowest BCUT2D eigenvalue weighted by atomic mass is 10.1. The van der Waals surface area contributed by atoms with Gasteiger partial charge < -0.3 is 14.7 Å². The minimum Gasteiger partial charge on any atom is -0.496 e. The third-order valence-electron chi connectivity index (χ3n) is 3.28. The second kappa shape index (κ2) is 5.87. The standard InChI is InChI=1S/C14H19NO3/c1-18-13-7-3-2-5-11(13)9-14(17)15-8-4-6-12(16)10-15/h2-3,5,7,12,16H,4,6,8-10H2,1H3. The smallest absolute Gasteiger partial charge is 0.227 e. The van der Waals surface area contributed by atoms with Crippen LogP contribution in [-0.2, 0) is 11.2 Å². The zero-order valence-electron chi connectivity index (χ0n) is 10.6. The Morgan fingerprint density at radius 2 is 2.28 bits per heavy atom. The first-order valence-corrected chi connectivity index (χ1v) is 6.28. The van der Waals surface area contributed by atoms with Crippen LogP contribution < -0.4 is 4.74 Å². The molecule has 0 aliphatic carbocycles. The Hall–Kier alpha value is -1.55. The van der Waals surface area contributed by atoms with E-state index >= 15 is 0 Å². The van der Waals surface area contributed by atoms with Crippen molar-refractivity contribution in [3.63, 3.8) is 0 Å². The molecular weight excluding hydrogens is 230 g/mol. The summed E-state index contributed by atoms with van der Waals surface area (Å²) in [7, 11) is 1.61. The molecule has 1 fully saturated rings. The second-order valence-electron chi connectivity index (χ2n) is 4.62. The number of β-amino-alcohol motifs (C(OH)–C–C–N with tert-alkyl or cyclic N) is 1. The van der Waals surface area contributed by atoms with Gasteiger partial charge in [-0.1, -0.05) is 18.2 Å². The van der Waals surface area contributed by atoms with Crippen LogP contribution in [0.4, 0.5) is 0 Å². The molecule has 0 aromatic heterocycles. The van der Waals surface area contributed by atoms with Gasteiger partial charge in [0.25, 0.3) is 0 Å². The number of benzene rings is 1. The van der Waals surface area contributed by atoms with E-state index in [4.69, 9.17) is 4.74 Å². The molecule has 0 spiro atoms. The van der Waals surface area contributed by atoms with Gasteiger partial charge in [-0.25, -0.2) is 0 Å². The average Bonchev–Trinajstić information content (AvgIpc) is 2.39. The van der Waals surface area contributed by atoms with Crippen molar-refractivity contribution in [2.45, 2.75) is 25.4 Å². The highest BCUT2D eigenvalue weighted by atomic mass is 16.5. The summed E-state index contributed by atoms with van der Waals surface area (Å²) in [4.78, 5) is 13.9. The molecule has 1 atom stereocenters. The van der Waals surface area contributed by atoms with Gasteiger partial charge in [-0.2, -0.15) is 0 Å². The number of amides is 1.